The van der Waals surface area contributed by atoms with Crippen molar-refractivity contribution in [2.45, 2.75) is 37.3 Å². The average molecular weight is 227 g/mol. The monoisotopic (exact) mass is 227 g/mol. The van der Waals surface area contributed by atoms with Crippen molar-refractivity contribution in [3.05, 3.63) is 24.4 Å². The van der Waals surface area contributed by atoms with Gasteiger partial charge in [0.25, 0.3) is 0 Å². The molecule has 0 bridgehead atoms. The summed E-state index contributed by atoms with van der Waals surface area (Å²) in [7, 11) is 0. The molecule has 5 heteroatoms. The molecule has 1 atom stereocenters. The number of hydrogen-bond acceptors (Lipinski definition) is 5. The molecule has 0 aliphatic rings. The molecule has 1 aromatic heterocycles. The van der Waals surface area contributed by atoms with E-state index < -0.39 is 0 Å². The van der Waals surface area contributed by atoms with E-state index in [0.717, 1.165) is 5.75 Å². The third kappa shape index (κ3) is 4.05. The highest BCUT2D eigenvalue weighted by molar-refractivity contribution is 7.99. The Morgan fingerprint density at radius 2 is 2.33 bits per heavy atom. The van der Waals surface area contributed by atoms with Gasteiger partial charge in [0.1, 0.15) is 0 Å². The number of nitrogens with two attached hydrogens (primary N) is 1. The quantitative estimate of drug-likeness (QED) is 0.755. The van der Waals surface area contributed by atoms with Crippen LogP contribution >= 0.6 is 11.8 Å². The summed E-state index contributed by atoms with van der Waals surface area (Å²) in [4.78, 5) is 4.23. The van der Waals surface area contributed by atoms with Gasteiger partial charge in [0.15, 0.2) is 5.82 Å². The van der Waals surface area contributed by atoms with Crippen molar-refractivity contribution >= 4 is 11.8 Å². The highest BCUT2D eigenvalue weighted by atomic mass is 32.2. The Bertz CT molecular complexity index is 311. The van der Waals surface area contributed by atoms with Crippen molar-refractivity contribution in [2.75, 3.05) is 0 Å². The molecular formula is C10H17N3OS. The fourth-order valence-electron chi connectivity index (χ4n) is 0.998. The van der Waals surface area contributed by atoms with Gasteiger partial charge >= 0.3 is 0 Å². The van der Waals surface area contributed by atoms with E-state index in [1.165, 1.54) is 0 Å². The van der Waals surface area contributed by atoms with Gasteiger partial charge in [0.05, 0.1) is 11.8 Å². The number of aromatic nitrogens is 2. The van der Waals surface area contributed by atoms with Crippen molar-refractivity contribution in [2.24, 2.45) is 5.73 Å². The lowest BCUT2D eigenvalue weighted by Gasteiger charge is -2.01. The summed E-state index contributed by atoms with van der Waals surface area (Å²) >= 11 is 1.78. The zero-order valence-electron chi connectivity index (χ0n) is 9.14. The largest absolute Gasteiger partial charge is 0.338 e. The van der Waals surface area contributed by atoms with Crippen LogP contribution in [0, 0.1) is 0 Å². The first kappa shape index (κ1) is 12.3. The lowest BCUT2D eigenvalue weighted by molar-refractivity contribution is 0.352. The Kier molecular flexibility index (Phi) is 4.84. The van der Waals surface area contributed by atoms with Crippen LogP contribution in [0.1, 0.15) is 38.0 Å². The maximum atomic E-state index is 5.80. The Balaban J connectivity index is 2.51. The maximum Gasteiger partial charge on any atom is 0.243 e. The lowest BCUT2D eigenvalue weighted by atomic mass is 10.2. The van der Waals surface area contributed by atoms with Crippen LogP contribution in [0.5, 0.6) is 0 Å². The minimum atomic E-state index is -0.229. The van der Waals surface area contributed by atoms with Crippen LogP contribution in [-0.2, 0) is 5.75 Å². The molecular weight excluding hydrogens is 210 g/mol. The molecule has 1 rings (SSSR count). The summed E-state index contributed by atoms with van der Waals surface area (Å²) in [5, 5.41) is 4.43. The van der Waals surface area contributed by atoms with Crippen LogP contribution in [0.15, 0.2) is 17.2 Å². The van der Waals surface area contributed by atoms with Gasteiger partial charge in [-0.3, -0.25) is 0 Å². The molecule has 0 aliphatic heterocycles. The molecule has 0 spiro atoms. The topological polar surface area (TPSA) is 64.9 Å². The van der Waals surface area contributed by atoms with Gasteiger partial charge in [-0.2, -0.15) is 16.7 Å². The second-order valence-electron chi connectivity index (χ2n) is 3.54. The van der Waals surface area contributed by atoms with E-state index in [1.54, 1.807) is 17.8 Å². The average Bonchev–Trinajstić information content (AvgIpc) is 2.63. The Hall–Kier alpha value is -0.810. The molecule has 1 aromatic rings. The van der Waals surface area contributed by atoms with Crippen molar-refractivity contribution in [1.82, 2.24) is 10.1 Å². The zero-order chi connectivity index (χ0) is 11.3. The zero-order valence-corrected chi connectivity index (χ0v) is 9.96. The van der Waals surface area contributed by atoms with E-state index in [-0.39, 0.29) is 6.04 Å². The molecule has 1 unspecified atom stereocenters. The summed E-state index contributed by atoms with van der Waals surface area (Å²) in [6.07, 6.45) is 2.40. The van der Waals surface area contributed by atoms with Gasteiger partial charge in [-0.05, 0) is 11.7 Å². The van der Waals surface area contributed by atoms with Gasteiger partial charge in [-0.15, -0.1) is 6.58 Å². The smallest absolute Gasteiger partial charge is 0.243 e. The molecule has 0 saturated carbocycles. The predicted octanol–water partition coefficient (Wildman–Crippen LogP) is 2.29. The van der Waals surface area contributed by atoms with Crippen LogP contribution in [0.3, 0.4) is 0 Å². The second kappa shape index (κ2) is 5.92. The maximum absolute atomic E-state index is 5.80. The number of hydrogen-bond donors (Lipinski definition) is 1. The van der Waals surface area contributed by atoms with Gasteiger partial charge in [0, 0.05) is 0 Å². The number of nitrogens with zero attached hydrogens (tertiary/aromatic N) is 2. The van der Waals surface area contributed by atoms with E-state index >= 15 is 0 Å². The van der Waals surface area contributed by atoms with Crippen LogP contribution in [0.4, 0.5) is 0 Å². The fourth-order valence-corrected chi connectivity index (χ4v) is 1.60. The van der Waals surface area contributed by atoms with Crippen molar-refractivity contribution < 1.29 is 4.52 Å². The summed E-state index contributed by atoms with van der Waals surface area (Å²) in [6.45, 7) is 7.89. The van der Waals surface area contributed by atoms with E-state index in [1.807, 2.05) is 0 Å². The molecule has 0 aromatic carbocycles. The van der Waals surface area contributed by atoms with Crippen molar-refractivity contribution in [1.29, 1.82) is 0 Å². The molecule has 0 fully saturated rings. The Morgan fingerprint density at radius 3 is 2.93 bits per heavy atom. The lowest BCUT2D eigenvalue weighted by Crippen LogP contribution is -2.09. The number of thioether (sulfide) groups is 1. The van der Waals surface area contributed by atoms with E-state index in [2.05, 4.69) is 30.6 Å². The Labute approximate surface area is 94.3 Å². The van der Waals surface area contributed by atoms with Crippen LogP contribution in [-0.4, -0.2) is 15.4 Å². The SMILES string of the molecule is C=CCC(N)c1nc(CSC(C)C)no1. The molecule has 0 radical (unpaired) electrons. The fraction of sp³-hybridized carbons (Fsp3) is 0.600. The third-order valence-electron chi connectivity index (χ3n) is 1.77. The molecule has 15 heavy (non-hydrogen) atoms. The molecule has 0 aliphatic carbocycles. The van der Waals surface area contributed by atoms with Crippen LogP contribution in [0.25, 0.3) is 0 Å². The second-order valence-corrected chi connectivity index (χ2v) is 5.10. The normalized spacial score (nSPS) is 13.1. The molecule has 0 saturated heterocycles. The highest BCUT2D eigenvalue weighted by Gasteiger charge is 2.13. The minimum Gasteiger partial charge on any atom is -0.338 e. The van der Waals surface area contributed by atoms with Gasteiger partial charge < -0.3 is 10.3 Å². The van der Waals surface area contributed by atoms with Crippen molar-refractivity contribution in [3.63, 3.8) is 0 Å². The molecule has 2 N–H and O–H groups in total. The summed E-state index contributed by atoms with van der Waals surface area (Å²) in [5.41, 5.74) is 5.80. The molecule has 84 valence electrons. The van der Waals surface area contributed by atoms with Crippen LogP contribution in [0.2, 0.25) is 0 Å². The standard InChI is InChI=1S/C10H17N3OS/c1-4-5-8(11)10-12-9(13-14-10)6-15-7(2)3/h4,7-8H,1,5-6,11H2,2-3H3. The highest BCUT2D eigenvalue weighted by Crippen LogP contribution is 2.17. The molecule has 1 heterocycles. The van der Waals surface area contributed by atoms with Gasteiger partial charge in [-0.1, -0.05) is 25.1 Å². The summed E-state index contributed by atoms with van der Waals surface area (Å²) < 4.78 is 5.06. The minimum absolute atomic E-state index is 0.229. The summed E-state index contributed by atoms with van der Waals surface area (Å²) in [6, 6.07) is -0.229. The summed E-state index contributed by atoms with van der Waals surface area (Å²) in [5.74, 6) is 1.97. The van der Waals surface area contributed by atoms with Gasteiger partial charge in [0.2, 0.25) is 5.89 Å². The first-order valence-electron chi connectivity index (χ1n) is 4.94. The van der Waals surface area contributed by atoms with E-state index in [4.69, 9.17) is 10.3 Å². The first-order chi connectivity index (χ1) is 7.13. The van der Waals surface area contributed by atoms with Gasteiger partial charge in [-0.25, -0.2) is 0 Å². The van der Waals surface area contributed by atoms with Crippen LogP contribution < -0.4 is 5.73 Å². The Morgan fingerprint density at radius 1 is 1.60 bits per heavy atom. The number of rotatable bonds is 6. The third-order valence-corrected chi connectivity index (χ3v) is 2.86. The molecule has 0 amide bonds. The first-order valence-corrected chi connectivity index (χ1v) is 5.99. The predicted molar refractivity (Wildman–Crippen MR) is 62.5 cm³/mol. The van der Waals surface area contributed by atoms with Crippen molar-refractivity contribution in [3.8, 4) is 0 Å². The van der Waals surface area contributed by atoms with E-state index in [0.29, 0.717) is 23.4 Å². The van der Waals surface area contributed by atoms with E-state index in [9.17, 15) is 0 Å². The molecule has 4 nitrogen and oxygen atoms in total.